The number of rotatable bonds is 8. The number of nitrogens with zero attached hydrogens (tertiary/aromatic N) is 1. The third-order valence-corrected chi connectivity index (χ3v) is 6.06. The number of carbonyl (C=O) groups is 2. The molecule has 3 rings (SSSR count). The summed E-state index contributed by atoms with van der Waals surface area (Å²) in [6.45, 7) is 4.58. The van der Waals surface area contributed by atoms with Crippen molar-refractivity contribution < 1.29 is 23.5 Å². The van der Waals surface area contributed by atoms with Gasteiger partial charge in [0.25, 0.3) is 0 Å². The molecule has 0 aromatic rings. The largest absolute Gasteiger partial charge is 0.462 e. The standard InChI is InChI=1S/C18H30NO4/c1-4-5-6-7-19(2,3)8-9-22-17(20)15-12-10-13-14(11-12)23-18(21)16(13)15/h12-16H,4-11H2,1-3H3/q+1. The second-order valence-electron chi connectivity index (χ2n) is 8.18. The molecule has 1 aliphatic heterocycles. The lowest BCUT2D eigenvalue weighted by Crippen LogP contribution is -2.44. The summed E-state index contributed by atoms with van der Waals surface area (Å²) in [7, 11) is 4.36. The number of fused-ring (bicyclic) bond motifs is 1. The molecule has 3 fully saturated rings. The summed E-state index contributed by atoms with van der Waals surface area (Å²) in [5, 5.41) is 0. The number of quaternary nitrogens is 1. The van der Waals surface area contributed by atoms with Crippen LogP contribution in [-0.2, 0) is 19.1 Å². The molecule has 0 aromatic carbocycles. The fraction of sp³-hybridized carbons (Fsp3) is 0.889. The average Bonchev–Trinajstić information content (AvgIpc) is 3.08. The lowest BCUT2D eigenvalue weighted by Gasteiger charge is -2.30. The van der Waals surface area contributed by atoms with Gasteiger partial charge in [-0.2, -0.15) is 0 Å². The zero-order valence-electron chi connectivity index (χ0n) is 14.6. The molecular weight excluding hydrogens is 294 g/mol. The monoisotopic (exact) mass is 324 g/mol. The van der Waals surface area contributed by atoms with E-state index in [1.807, 2.05) is 0 Å². The van der Waals surface area contributed by atoms with Gasteiger partial charge >= 0.3 is 11.9 Å². The fourth-order valence-corrected chi connectivity index (χ4v) is 4.72. The van der Waals surface area contributed by atoms with Gasteiger partial charge in [-0.1, -0.05) is 13.3 Å². The van der Waals surface area contributed by atoms with Crippen molar-refractivity contribution in [2.45, 2.75) is 45.1 Å². The number of unbranched alkanes of at least 4 members (excludes halogenated alkanes) is 2. The first-order valence-corrected chi connectivity index (χ1v) is 9.12. The van der Waals surface area contributed by atoms with Crippen molar-refractivity contribution in [1.29, 1.82) is 0 Å². The highest BCUT2D eigenvalue weighted by atomic mass is 16.6. The molecular formula is C18H30NO4+. The predicted octanol–water partition coefficient (Wildman–Crippen LogP) is 1.99. The summed E-state index contributed by atoms with van der Waals surface area (Å²) in [6.07, 6.45) is 5.56. The molecule has 2 aliphatic carbocycles. The van der Waals surface area contributed by atoms with Crippen molar-refractivity contribution in [1.82, 2.24) is 0 Å². The van der Waals surface area contributed by atoms with Crippen molar-refractivity contribution in [2.75, 3.05) is 33.8 Å². The van der Waals surface area contributed by atoms with Crippen LogP contribution in [0.2, 0.25) is 0 Å². The van der Waals surface area contributed by atoms with E-state index < -0.39 is 0 Å². The fourth-order valence-electron chi connectivity index (χ4n) is 4.72. The van der Waals surface area contributed by atoms with E-state index in [-0.39, 0.29) is 35.8 Å². The highest BCUT2D eigenvalue weighted by Crippen LogP contribution is 2.57. The molecule has 2 bridgehead atoms. The Bertz CT molecular complexity index is 474. The minimum absolute atomic E-state index is 0.0794. The highest BCUT2D eigenvalue weighted by molar-refractivity contribution is 5.85. The first-order valence-electron chi connectivity index (χ1n) is 9.12. The summed E-state index contributed by atoms with van der Waals surface area (Å²) in [6, 6.07) is 0. The molecule has 5 nitrogen and oxygen atoms in total. The van der Waals surface area contributed by atoms with E-state index in [0.29, 0.717) is 12.5 Å². The van der Waals surface area contributed by atoms with Crippen LogP contribution in [0.25, 0.3) is 0 Å². The zero-order valence-corrected chi connectivity index (χ0v) is 14.6. The number of likely N-dealkylation sites (N-methyl/N-ethyl adjacent to an activating group) is 1. The van der Waals surface area contributed by atoms with E-state index in [2.05, 4.69) is 21.0 Å². The molecule has 3 aliphatic rings. The normalized spacial score (nSPS) is 34.7. The first-order chi connectivity index (χ1) is 10.9. The Morgan fingerprint density at radius 1 is 1.26 bits per heavy atom. The van der Waals surface area contributed by atoms with Gasteiger partial charge < -0.3 is 14.0 Å². The van der Waals surface area contributed by atoms with Gasteiger partial charge in [0.05, 0.1) is 32.5 Å². The summed E-state index contributed by atoms with van der Waals surface area (Å²) in [4.78, 5) is 24.4. The van der Waals surface area contributed by atoms with Crippen LogP contribution in [0, 0.1) is 23.7 Å². The minimum Gasteiger partial charge on any atom is -0.462 e. The Hall–Kier alpha value is -1.10. The first kappa shape index (κ1) is 16.7. The van der Waals surface area contributed by atoms with E-state index in [1.54, 1.807) is 0 Å². The lowest BCUT2D eigenvalue weighted by molar-refractivity contribution is -0.890. The number of hydrogen-bond donors (Lipinski definition) is 0. The summed E-state index contributed by atoms with van der Waals surface area (Å²) in [5.74, 6) is -0.251. The van der Waals surface area contributed by atoms with Crippen LogP contribution < -0.4 is 0 Å². The maximum absolute atomic E-state index is 12.5. The number of ether oxygens (including phenoxy) is 2. The Kier molecular flexibility index (Phi) is 4.68. The number of carbonyl (C=O) groups excluding carboxylic acids is 2. The molecule has 0 amide bonds. The van der Waals surface area contributed by atoms with Gasteiger partial charge in [0, 0.05) is 5.92 Å². The molecule has 0 radical (unpaired) electrons. The Balaban J connectivity index is 1.46. The summed E-state index contributed by atoms with van der Waals surface area (Å²) >= 11 is 0. The molecule has 2 saturated carbocycles. The van der Waals surface area contributed by atoms with Crippen LogP contribution in [0.1, 0.15) is 39.0 Å². The van der Waals surface area contributed by atoms with Gasteiger partial charge in [-0.3, -0.25) is 9.59 Å². The predicted molar refractivity (Wildman–Crippen MR) is 85.4 cm³/mol. The smallest absolute Gasteiger partial charge is 0.310 e. The van der Waals surface area contributed by atoms with Crippen LogP contribution in [0.4, 0.5) is 0 Å². The van der Waals surface area contributed by atoms with Crippen molar-refractivity contribution in [2.24, 2.45) is 23.7 Å². The Labute approximate surface area is 138 Å². The van der Waals surface area contributed by atoms with Crippen LogP contribution in [0.15, 0.2) is 0 Å². The van der Waals surface area contributed by atoms with Gasteiger partial charge in [0.2, 0.25) is 0 Å². The minimum atomic E-state index is -0.248. The molecule has 5 unspecified atom stereocenters. The maximum atomic E-state index is 12.5. The Morgan fingerprint density at radius 2 is 2.04 bits per heavy atom. The molecule has 0 spiro atoms. The second-order valence-corrected chi connectivity index (χ2v) is 8.18. The molecule has 1 saturated heterocycles. The van der Waals surface area contributed by atoms with Gasteiger partial charge in [0.1, 0.15) is 19.3 Å². The van der Waals surface area contributed by atoms with E-state index >= 15 is 0 Å². The highest BCUT2D eigenvalue weighted by Gasteiger charge is 2.64. The van der Waals surface area contributed by atoms with Crippen LogP contribution in [0.3, 0.4) is 0 Å². The van der Waals surface area contributed by atoms with Crippen molar-refractivity contribution >= 4 is 11.9 Å². The maximum Gasteiger partial charge on any atom is 0.310 e. The SMILES string of the molecule is CCCCC[N+](C)(C)CCOC(=O)C1C2CC3OC(=O)C1C3C2. The van der Waals surface area contributed by atoms with Crippen molar-refractivity contribution in [3.05, 3.63) is 0 Å². The molecule has 5 heteroatoms. The molecule has 23 heavy (non-hydrogen) atoms. The third-order valence-electron chi connectivity index (χ3n) is 6.06. The molecule has 130 valence electrons. The van der Waals surface area contributed by atoms with E-state index in [4.69, 9.17) is 9.47 Å². The van der Waals surface area contributed by atoms with Gasteiger partial charge in [-0.25, -0.2) is 0 Å². The quantitative estimate of drug-likeness (QED) is 0.389. The van der Waals surface area contributed by atoms with Crippen LogP contribution in [-0.4, -0.2) is 56.3 Å². The molecule has 0 N–H and O–H groups in total. The van der Waals surface area contributed by atoms with Crippen LogP contribution >= 0.6 is 0 Å². The van der Waals surface area contributed by atoms with E-state index in [9.17, 15) is 9.59 Å². The van der Waals surface area contributed by atoms with E-state index in [0.717, 1.165) is 30.4 Å². The lowest BCUT2D eigenvalue weighted by atomic mass is 9.80. The topological polar surface area (TPSA) is 52.6 Å². The molecule has 5 atom stereocenters. The van der Waals surface area contributed by atoms with Gasteiger partial charge in [-0.05, 0) is 31.6 Å². The zero-order chi connectivity index (χ0) is 16.6. The molecule has 1 heterocycles. The van der Waals surface area contributed by atoms with Crippen molar-refractivity contribution in [3.8, 4) is 0 Å². The Morgan fingerprint density at radius 3 is 2.78 bits per heavy atom. The van der Waals surface area contributed by atoms with Gasteiger partial charge in [-0.15, -0.1) is 0 Å². The second kappa shape index (κ2) is 6.42. The van der Waals surface area contributed by atoms with E-state index in [1.165, 1.54) is 19.3 Å². The van der Waals surface area contributed by atoms with Gasteiger partial charge in [0.15, 0.2) is 0 Å². The number of hydrogen-bond acceptors (Lipinski definition) is 4. The van der Waals surface area contributed by atoms with Crippen molar-refractivity contribution in [3.63, 3.8) is 0 Å². The molecule has 0 aromatic heterocycles. The number of esters is 2. The summed E-state index contributed by atoms with van der Waals surface area (Å²) in [5.41, 5.74) is 0. The average molecular weight is 324 g/mol. The summed E-state index contributed by atoms with van der Waals surface area (Å²) < 4.78 is 11.8. The third kappa shape index (κ3) is 3.25. The van der Waals surface area contributed by atoms with Crippen LogP contribution in [0.5, 0.6) is 0 Å².